The van der Waals surface area contributed by atoms with Crippen LogP contribution in [0.4, 0.5) is 0 Å². The van der Waals surface area contributed by atoms with Gasteiger partial charge in [-0.3, -0.25) is 0 Å². The Labute approximate surface area is 387 Å². The third kappa shape index (κ3) is 7.41. The molecule has 0 saturated heterocycles. The van der Waals surface area contributed by atoms with Crippen LogP contribution in [-0.2, 0) is 10.8 Å². The van der Waals surface area contributed by atoms with Gasteiger partial charge in [-0.25, -0.2) is 0 Å². The van der Waals surface area contributed by atoms with Gasteiger partial charge in [-0.15, -0.1) is 0 Å². The van der Waals surface area contributed by atoms with Gasteiger partial charge in [-0.05, 0) is 140 Å². The monoisotopic (exact) mass is 839 g/mol. The number of rotatable bonds is 4. The lowest BCUT2D eigenvalue weighted by Gasteiger charge is -2.33. The van der Waals surface area contributed by atoms with Gasteiger partial charge in [-0.1, -0.05) is 175 Å². The molecule has 0 aliphatic heterocycles. The summed E-state index contributed by atoms with van der Waals surface area (Å²) in [6.07, 6.45) is 9.05. The zero-order valence-electron chi connectivity index (χ0n) is 39.7. The molecule has 0 bridgehead atoms. The fraction of sp³-hybridized carbons (Fsp3) is 0.200. The summed E-state index contributed by atoms with van der Waals surface area (Å²) in [6, 6.07) is 54.9. The van der Waals surface area contributed by atoms with Crippen molar-refractivity contribution in [3.63, 3.8) is 0 Å². The minimum absolute atomic E-state index is 0.0344. The van der Waals surface area contributed by atoms with E-state index in [1.165, 1.54) is 116 Å². The van der Waals surface area contributed by atoms with E-state index in [-0.39, 0.29) is 16.7 Å². The van der Waals surface area contributed by atoms with E-state index >= 15 is 0 Å². The molecule has 0 radical (unpaired) electrons. The van der Waals surface area contributed by atoms with Crippen LogP contribution < -0.4 is 10.4 Å². The van der Waals surface area contributed by atoms with E-state index in [0.717, 1.165) is 10.8 Å². The zero-order chi connectivity index (χ0) is 45.4. The van der Waals surface area contributed by atoms with Crippen LogP contribution in [0.25, 0.3) is 61.5 Å². The lowest BCUT2D eigenvalue weighted by atomic mass is 9.69. The zero-order valence-corrected chi connectivity index (χ0v) is 39.7. The van der Waals surface area contributed by atoms with Crippen molar-refractivity contribution >= 4 is 28.2 Å². The largest absolute Gasteiger partial charge is 0.113 e. The first-order valence-electron chi connectivity index (χ1n) is 23.4. The number of fused-ring (bicyclic) bond motifs is 4. The molecule has 8 aromatic rings. The highest BCUT2D eigenvalue weighted by Gasteiger charge is 2.34. The van der Waals surface area contributed by atoms with Crippen LogP contribution in [0.3, 0.4) is 0 Å². The van der Waals surface area contributed by atoms with Crippen LogP contribution in [0.1, 0.15) is 114 Å². The van der Waals surface area contributed by atoms with Gasteiger partial charge in [0.05, 0.1) is 16.0 Å². The maximum Gasteiger partial charge on any atom is 0.113 e. The highest BCUT2D eigenvalue weighted by molar-refractivity contribution is 6.03. The van der Waals surface area contributed by atoms with E-state index < -0.39 is 0 Å². The molecule has 65 heavy (non-hydrogen) atoms. The Balaban J connectivity index is 1.37. The molecule has 0 atom stereocenters. The summed E-state index contributed by atoms with van der Waals surface area (Å²) in [7, 11) is 0. The molecule has 0 spiro atoms. The first-order chi connectivity index (χ1) is 31.2. The maximum absolute atomic E-state index is 4.32. The molecule has 0 fully saturated rings. The SMILES string of the molecule is Cc1cc(C(C)(C)C)cc(C)c1-c1c2c(c(=C=C3c4cc(-c5ccccc5)ccc4C(c4c(C)cc(C(C)(C)C)cc4C)c4ccc(-c5ccccc5)cc43)c3ccccc13)=CC=C[CH+]2. The van der Waals surface area contributed by atoms with Crippen LogP contribution in [0.2, 0.25) is 0 Å². The first kappa shape index (κ1) is 42.1. The fourth-order valence-corrected chi connectivity index (χ4v) is 10.7. The summed E-state index contributed by atoms with van der Waals surface area (Å²) in [5.74, 6) is 0.0344. The standard InChI is InChI=1S/C65H59/c1-40-33-48(64(5,6)7)34-41(2)60(40)62-52-27-19-17-25-50(52)58(51-26-18-20-28-53(51)62)39-59-56-37-46(44-21-13-11-14-22-44)29-31-54(56)63(61-42(3)35-49(36-43(61)4)65(8,9)10)55-32-30-47(38-57(55)59)45-23-15-12-16-24-45/h11-38,63H,1-10H3/q+1. The van der Waals surface area contributed by atoms with Crippen molar-refractivity contribution in [3.8, 4) is 33.4 Å². The van der Waals surface area contributed by atoms with Crippen LogP contribution >= 0.6 is 0 Å². The second-order valence-electron chi connectivity index (χ2n) is 20.6. The topological polar surface area (TPSA) is 0 Å². The van der Waals surface area contributed by atoms with Crippen molar-refractivity contribution in [1.29, 1.82) is 0 Å². The number of aryl methyl sites for hydroxylation is 4. The van der Waals surface area contributed by atoms with Crippen molar-refractivity contribution in [2.75, 3.05) is 0 Å². The van der Waals surface area contributed by atoms with Crippen LogP contribution in [0.15, 0.2) is 158 Å². The Kier molecular flexibility index (Phi) is 10.4. The molecule has 0 N–H and O–H groups in total. The van der Waals surface area contributed by atoms with E-state index in [2.05, 4.69) is 245 Å². The summed E-state index contributed by atoms with van der Waals surface area (Å²) in [6.45, 7) is 23.1. The molecule has 0 unspecified atom stereocenters. The van der Waals surface area contributed by atoms with Crippen molar-refractivity contribution in [2.24, 2.45) is 0 Å². The summed E-state index contributed by atoms with van der Waals surface area (Å²) in [5.41, 5.74) is 28.8. The second-order valence-corrected chi connectivity index (χ2v) is 20.6. The lowest BCUT2D eigenvalue weighted by Crippen LogP contribution is -2.31. The number of allylic oxidation sites excluding steroid dienone is 2. The molecule has 0 saturated carbocycles. The highest BCUT2D eigenvalue weighted by atomic mass is 14.4. The molecule has 10 rings (SSSR count). The molecule has 318 valence electrons. The predicted octanol–water partition coefficient (Wildman–Crippen LogP) is 15.6. The van der Waals surface area contributed by atoms with E-state index in [1.54, 1.807) is 0 Å². The average Bonchev–Trinajstić information content (AvgIpc) is 3.29. The molecule has 0 amide bonds. The van der Waals surface area contributed by atoms with Crippen molar-refractivity contribution in [1.82, 2.24) is 0 Å². The minimum atomic E-state index is 0.0344. The number of benzene rings is 8. The molecule has 2 aliphatic rings. The van der Waals surface area contributed by atoms with Gasteiger partial charge in [0.25, 0.3) is 0 Å². The summed E-state index contributed by atoms with van der Waals surface area (Å²) in [5, 5.41) is 4.80. The Morgan fingerprint density at radius 2 is 0.954 bits per heavy atom. The third-order valence-corrected chi connectivity index (χ3v) is 14.1. The molecule has 0 heterocycles. The Morgan fingerprint density at radius 1 is 0.477 bits per heavy atom. The van der Waals surface area contributed by atoms with E-state index in [1.807, 2.05) is 0 Å². The molecule has 0 nitrogen and oxygen atoms in total. The van der Waals surface area contributed by atoms with Crippen molar-refractivity contribution < 1.29 is 0 Å². The third-order valence-electron chi connectivity index (χ3n) is 14.1. The van der Waals surface area contributed by atoms with Gasteiger partial charge in [0.1, 0.15) is 5.56 Å². The Hall–Kier alpha value is -6.85. The summed E-state index contributed by atoms with van der Waals surface area (Å²) >= 11 is 0. The van der Waals surface area contributed by atoms with Gasteiger partial charge in [0.2, 0.25) is 0 Å². The molecule has 0 aromatic heterocycles. The van der Waals surface area contributed by atoms with E-state index in [4.69, 9.17) is 0 Å². The molecular formula is C65H59+. The fourth-order valence-electron chi connectivity index (χ4n) is 10.7. The van der Waals surface area contributed by atoms with Crippen LogP contribution in [0, 0.1) is 34.1 Å². The molecule has 2 aliphatic carbocycles. The number of hydrogen-bond acceptors (Lipinski definition) is 0. The highest BCUT2D eigenvalue weighted by Crippen LogP contribution is 2.50. The summed E-state index contributed by atoms with van der Waals surface area (Å²) < 4.78 is 0. The molecular weight excluding hydrogens is 781 g/mol. The Bertz CT molecular complexity index is 3270. The average molecular weight is 840 g/mol. The van der Waals surface area contributed by atoms with Crippen LogP contribution in [0.5, 0.6) is 0 Å². The normalized spacial score (nSPS) is 14.2. The quantitative estimate of drug-likeness (QED) is 0.155. The maximum atomic E-state index is 4.32. The van der Waals surface area contributed by atoms with Gasteiger partial charge in [0, 0.05) is 52.5 Å². The van der Waals surface area contributed by atoms with E-state index in [9.17, 15) is 0 Å². The molecule has 0 heteroatoms. The van der Waals surface area contributed by atoms with Crippen molar-refractivity contribution in [2.45, 2.75) is 86.0 Å². The summed E-state index contributed by atoms with van der Waals surface area (Å²) in [4.78, 5) is 0. The first-order valence-corrected chi connectivity index (χ1v) is 23.4. The van der Waals surface area contributed by atoms with Gasteiger partial charge in [-0.2, -0.15) is 0 Å². The van der Waals surface area contributed by atoms with Gasteiger partial charge >= 0.3 is 0 Å². The lowest BCUT2D eigenvalue weighted by molar-refractivity contribution is 0.588. The second kappa shape index (κ2) is 16.0. The molecule has 8 aromatic carbocycles. The van der Waals surface area contributed by atoms with Crippen LogP contribution in [-0.4, -0.2) is 0 Å². The van der Waals surface area contributed by atoms with Crippen molar-refractivity contribution in [3.05, 3.63) is 241 Å². The minimum Gasteiger partial charge on any atom is -0.0914 e. The predicted molar refractivity (Wildman–Crippen MR) is 279 cm³/mol. The van der Waals surface area contributed by atoms with Gasteiger partial charge in [0.15, 0.2) is 0 Å². The Morgan fingerprint density at radius 3 is 1.46 bits per heavy atom. The van der Waals surface area contributed by atoms with E-state index in [0.29, 0.717) is 0 Å². The number of hydrogen-bond donors (Lipinski definition) is 0. The smallest absolute Gasteiger partial charge is 0.0914 e. The van der Waals surface area contributed by atoms with Gasteiger partial charge < -0.3 is 0 Å².